The van der Waals surface area contributed by atoms with Crippen LogP contribution in [0.4, 0.5) is 5.69 Å². The maximum Gasteiger partial charge on any atom is 0.287 e. The van der Waals surface area contributed by atoms with Crippen LogP contribution in [0.25, 0.3) is 0 Å². The largest absolute Gasteiger partial charge is 0.495 e. The smallest absolute Gasteiger partial charge is 0.287 e. The predicted molar refractivity (Wildman–Crippen MR) is 83.2 cm³/mol. The minimum atomic E-state index is -0.447. The number of hydrogen-bond donors (Lipinski definition) is 0. The molecule has 110 valence electrons. The van der Waals surface area contributed by atoms with Gasteiger partial charge in [0.2, 0.25) is 0 Å². The van der Waals surface area contributed by atoms with Crippen LogP contribution < -0.4 is 4.74 Å². The third kappa shape index (κ3) is 3.86. The van der Waals surface area contributed by atoms with E-state index >= 15 is 0 Å². The highest BCUT2D eigenvalue weighted by atomic mass is 35.5. The number of benzene rings is 1. The van der Waals surface area contributed by atoms with Gasteiger partial charge in [-0.05, 0) is 30.2 Å². The van der Waals surface area contributed by atoms with Crippen LogP contribution in [0.5, 0.6) is 5.75 Å². The molecule has 0 amide bonds. The van der Waals surface area contributed by atoms with Gasteiger partial charge in [0.25, 0.3) is 5.69 Å². The summed E-state index contributed by atoms with van der Waals surface area (Å²) in [6.45, 7) is 1.81. The minimum absolute atomic E-state index is 0.00402. The number of ether oxygens (including phenoxy) is 1. The average molecular weight is 325 g/mol. The Labute approximate surface area is 131 Å². The van der Waals surface area contributed by atoms with E-state index in [9.17, 15) is 10.1 Å². The van der Waals surface area contributed by atoms with E-state index in [0.29, 0.717) is 16.5 Å². The Morgan fingerprint density at radius 3 is 2.76 bits per heavy atom. The first-order valence-electron chi connectivity index (χ1n) is 6.07. The van der Waals surface area contributed by atoms with Crippen molar-refractivity contribution in [2.75, 3.05) is 7.11 Å². The highest BCUT2D eigenvalue weighted by Crippen LogP contribution is 2.30. The third-order valence-corrected chi connectivity index (χ3v) is 4.29. The molecule has 1 heterocycles. The Kier molecular flexibility index (Phi) is 5.03. The number of aromatic nitrogens is 1. The van der Waals surface area contributed by atoms with Crippen molar-refractivity contribution in [2.45, 2.75) is 17.7 Å². The maximum atomic E-state index is 10.7. The van der Waals surface area contributed by atoms with E-state index < -0.39 is 4.92 Å². The Balaban J connectivity index is 2.09. The van der Waals surface area contributed by atoms with Gasteiger partial charge in [0.1, 0.15) is 11.9 Å². The SMILES string of the molecule is COc1ccc(CSc2ncc([N+](=O)[O-])cc2C)cc1Cl. The van der Waals surface area contributed by atoms with Crippen molar-refractivity contribution in [3.05, 3.63) is 56.7 Å². The molecule has 7 heteroatoms. The van der Waals surface area contributed by atoms with Gasteiger partial charge in [-0.3, -0.25) is 10.1 Å². The maximum absolute atomic E-state index is 10.7. The molecule has 1 aromatic carbocycles. The average Bonchev–Trinajstić information content (AvgIpc) is 2.46. The molecule has 0 bridgehead atoms. The molecular weight excluding hydrogens is 312 g/mol. The van der Waals surface area contributed by atoms with E-state index in [4.69, 9.17) is 16.3 Å². The van der Waals surface area contributed by atoms with Crippen molar-refractivity contribution >= 4 is 29.1 Å². The fourth-order valence-electron chi connectivity index (χ4n) is 1.75. The number of thioether (sulfide) groups is 1. The van der Waals surface area contributed by atoms with Gasteiger partial charge in [-0.25, -0.2) is 4.98 Å². The normalized spacial score (nSPS) is 10.4. The number of aryl methyl sites for hydroxylation is 1. The van der Waals surface area contributed by atoms with Crippen molar-refractivity contribution in [3.63, 3.8) is 0 Å². The number of methoxy groups -OCH3 is 1. The third-order valence-electron chi connectivity index (χ3n) is 2.82. The zero-order valence-corrected chi connectivity index (χ0v) is 13.1. The zero-order valence-electron chi connectivity index (χ0n) is 11.5. The quantitative estimate of drug-likeness (QED) is 0.467. The molecule has 0 radical (unpaired) electrons. The second-order valence-electron chi connectivity index (χ2n) is 4.33. The van der Waals surface area contributed by atoms with Gasteiger partial charge < -0.3 is 4.74 Å². The van der Waals surface area contributed by atoms with E-state index in [-0.39, 0.29) is 5.69 Å². The summed E-state index contributed by atoms with van der Waals surface area (Å²) in [5.74, 6) is 1.31. The van der Waals surface area contributed by atoms with E-state index in [0.717, 1.165) is 16.2 Å². The van der Waals surface area contributed by atoms with E-state index in [1.807, 2.05) is 25.1 Å². The standard InChI is InChI=1S/C14H13ClN2O3S/c1-9-5-11(17(18)19)7-16-14(9)21-8-10-3-4-13(20-2)12(15)6-10/h3-7H,8H2,1-2H3. The molecule has 0 fully saturated rings. The summed E-state index contributed by atoms with van der Waals surface area (Å²) in [6.07, 6.45) is 1.27. The van der Waals surface area contributed by atoms with Crippen molar-refractivity contribution in [2.24, 2.45) is 0 Å². The molecule has 0 aliphatic heterocycles. The molecule has 21 heavy (non-hydrogen) atoms. The number of pyridine rings is 1. The first-order valence-corrected chi connectivity index (χ1v) is 7.44. The molecule has 0 saturated carbocycles. The van der Waals surface area contributed by atoms with E-state index in [1.54, 1.807) is 7.11 Å². The highest BCUT2D eigenvalue weighted by Gasteiger charge is 2.10. The van der Waals surface area contributed by atoms with Crippen LogP contribution in [0.3, 0.4) is 0 Å². The monoisotopic (exact) mass is 324 g/mol. The van der Waals surface area contributed by atoms with E-state index in [1.165, 1.54) is 24.0 Å². The number of nitro groups is 1. The molecule has 0 spiro atoms. The summed E-state index contributed by atoms with van der Waals surface area (Å²) < 4.78 is 5.10. The fraction of sp³-hybridized carbons (Fsp3) is 0.214. The summed E-state index contributed by atoms with van der Waals surface area (Å²) in [5.41, 5.74) is 1.82. The molecule has 0 N–H and O–H groups in total. The number of hydrogen-bond acceptors (Lipinski definition) is 5. The molecule has 0 atom stereocenters. The molecule has 0 aliphatic rings. The van der Waals surface area contributed by atoms with Gasteiger partial charge in [0.05, 0.1) is 22.1 Å². The van der Waals surface area contributed by atoms with Crippen molar-refractivity contribution in [1.82, 2.24) is 4.98 Å². The number of rotatable bonds is 5. The van der Waals surface area contributed by atoms with Gasteiger partial charge in [-0.1, -0.05) is 17.7 Å². The first-order chi connectivity index (χ1) is 10.0. The number of nitrogens with zero attached hydrogens (tertiary/aromatic N) is 2. The van der Waals surface area contributed by atoms with Crippen molar-refractivity contribution < 1.29 is 9.66 Å². The van der Waals surface area contributed by atoms with Crippen LogP contribution in [0.2, 0.25) is 5.02 Å². The van der Waals surface area contributed by atoms with Crippen LogP contribution in [-0.2, 0) is 5.75 Å². The van der Waals surface area contributed by atoms with Crippen LogP contribution >= 0.6 is 23.4 Å². The molecule has 0 aliphatic carbocycles. The van der Waals surface area contributed by atoms with Crippen molar-refractivity contribution in [1.29, 1.82) is 0 Å². The van der Waals surface area contributed by atoms with Gasteiger partial charge in [0, 0.05) is 11.8 Å². The lowest BCUT2D eigenvalue weighted by Gasteiger charge is -2.07. The number of halogens is 1. The molecule has 0 saturated heterocycles. The fourth-order valence-corrected chi connectivity index (χ4v) is 2.93. The summed E-state index contributed by atoms with van der Waals surface area (Å²) in [7, 11) is 1.57. The van der Waals surface area contributed by atoms with Gasteiger partial charge in [0.15, 0.2) is 0 Å². The Bertz CT molecular complexity index is 679. The Morgan fingerprint density at radius 1 is 1.43 bits per heavy atom. The molecular formula is C14H13ClN2O3S. The molecule has 0 unspecified atom stereocenters. The Hall–Kier alpha value is -1.79. The zero-order chi connectivity index (χ0) is 15.4. The summed E-state index contributed by atoms with van der Waals surface area (Å²) in [6, 6.07) is 7.11. The first kappa shape index (κ1) is 15.6. The second-order valence-corrected chi connectivity index (χ2v) is 5.70. The molecule has 5 nitrogen and oxygen atoms in total. The van der Waals surface area contributed by atoms with Gasteiger partial charge in [-0.2, -0.15) is 0 Å². The minimum Gasteiger partial charge on any atom is -0.495 e. The lowest BCUT2D eigenvalue weighted by atomic mass is 10.2. The van der Waals surface area contributed by atoms with Crippen LogP contribution in [0.15, 0.2) is 35.5 Å². The summed E-state index contributed by atoms with van der Waals surface area (Å²) in [5, 5.41) is 12.0. The lowest BCUT2D eigenvalue weighted by molar-refractivity contribution is -0.385. The molecule has 2 rings (SSSR count). The topological polar surface area (TPSA) is 65.3 Å². The van der Waals surface area contributed by atoms with Crippen LogP contribution in [0.1, 0.15) is 11.1 Å². The molecule has 2 aromatic rings. The Morgan fingerprint density at radius 2 is 2.19 bits per heavy atom. The predicted octanol–water partition coefficient (Wildman–Crippen LogP) is 4.25. The van der Waals surface area contributed by atoms with Crippen LogP contribution in [0, 0.1) is 17.0 Å². The summed E-state index contributed by atoms with van der Waals surface area (Å²) in [4.78, 5) is 14.4. The summed E-state index contributed by atoms with van der Waals surface area (Å²) >= 11 is 7.58. The van der Waals surface area contributed by atoms with Gasteiger partial charge >= 0.3 is 0 Å². The van der Waals surface area contributed by atoms with Gasteiger partial charge in [-0.15, -0.1) is 11.8 Å². The molecule has 1 aromatic heterocycles. The van der Waals surface area contributed by atoms with Crippen molar-refractivity contribution in [3.8, 4) is 5.75 Å². The second kappa shape index (κ2) is 6.78. The lowest BCUT2D eigenvalue weighted by Crippen LogP contribution is -1.93. The van der Waals surface area contributed by atoms with E-state index in [2.05, 4.69) is 4.98 Å². The highest BCUT2D eigenvalue weighted by molar-refractivity contribution is 7.98. The van der Waals surface area contributed by atoms with Crippen LogP contribution in [-0.4, -0.2) is 17.0 Å².